The van der Waals surface area contributed by atoms with Gasteiger partial charge in [0.15, 0.2) is 0 Å². The molecule has 0 bridgehead atoms. The van der Waals surface area contributed by atoms with Crippen LogP contribution in [0.1, 0.15) is 44.9 Å². The Bertz CT molecular complexity index is 588. The Kier molecular flexibility index (Phi) is 13.0. The highest BCUT2D eigenvalue weighted by atomic mass is 32.3. The standard InChI is InChI=1S/C16H31NO9S3/c1-27-9-7-5-3-2-4-6-8-12(17-26-29(22,23)24)28-16-15(21)14(20)13(19)11(10-18)25-16/h11,13-16,18-21H,2-10H2,1H3,(H,22,23,24)/b17-12-/t11-,13-,14-,15-,16+/m0/s1. The first-order chi connectivity index (χ1) is 13.7. The van der Waals surface area contributed by atoms with Gasteiger partial charge in [0.05, 0.1) is 6.61 Å². The summed E-state index contributed by atoms with van der Waals surface area (Å²) in [7, 11) is -4.79. The molecule has 0 aromatic rings. The van der Waals surface area contributed by atoms with Crippen LogP contribution in [0, 0.1) is 0 Å². The maximum atomic E-state index is 10.8. The summed E-state index contributed by atoms with van der Waals surface area (Å²) in [6.45, 7) is -0.577. The quantitative estimate of drug-likeness (QED) is 0.0835. The monoisotopic (exact) mass is 477 g/mol. The molecule has 1 saturated heterocycles. The topological polar surface area (TPSA) is 166 Å². The molecule has 0 spiro atoms. The van der Waals surface area contributed by atoms with Crippen LogP contribution >= 0.6 is 23.5 Å². The number of aliphatic hydroxyl groups excluding tert-OH is 4. The maximum absolute atomic E-state index is 10.8. The molecule has 0 radical (unpaired) electrons. The maximum Gasteiger partial charge on any atom is 0.466 e. The Balaban J connectivity index is 2.61. The molecule has 5 N–H and O–H groups in total. The van der Waals surface area contributed by atoms with Crippen LogP contribution in [0.5, 0.6) is 0 Å². The summed E-state index contributed by atoms with van der Waals surface area (Å²) in [4.78, 5) is 0. The molecule has 5 atom stereocenters. The van der Waals surface area contributed by atoms with Crippen LogP contribution in [0.25, 0.3) is 0 Å². The first kappa shape index (κ1) is 26.9. The molecule has 1 aliphatic rings. The summed E-state index contributed by atoms with van der Waals surface area (Å²) in [6, 6.07) is 0. The highest BCUT2D eigenvalue weighted by molar-refractivity contribution is 8.14. The fourth-order valence-corrected chi connectivity index (χ4v) is 4.58. The largest absolute Gasteiger partial charge is 0.466 e. The number of ether oxygens (including phenoxy) is 1. The summed E-state index contributed by atoms with van der Waals surface area (Å²) in [5.41, 5.74) is -1.11. The van der Waals surface area contributed by atoms with Crippen molar-refractivity contribution in [3.05, 3.63) is 0 Å². The number of nitrogens with zero attached hydrogens (tertiary/aromatic N) is 1. The van der Waals surface area contributed by atoms with Crippen LogP contribution in [0.3, 0.4) is 0 Å². The van der Waals surface area contributed by atoms with Crippen molar-refractivity contribution in [2.75, 3.05) is 18.6 Å². The van der Waals surface area contributed by atoms with Crippen LogP contribution in [0.2, 0.25) is 0 Å². The summed E-state index contributed by atoms with van der Waals surface area (Å²) in [5.74, 6) is 1.14. The third-order valence-electron chi connectivity index (χ3n) is 4.32. The fraction of sp³-hybridized carbons (Fsp3) is 0.938. The zero-order chi connectivity index (χ0) is 21.9. The third kappa shape index (κ3) is 10.6. The van der Waals surface area contributed by atoms with Crippen LogP contribution < -0.4 is 0 Å². The molecule has 0 unspecified atom stereocenters. The molecule has 1 heterocycles. The van der Waals surface area contributed by atoms with Gasteiger partial charge in [0.1, 0.15) is 34.9 Å². The van der Waals surface area contributed by atoms with Gasteiger partial charge in [-0.05, 0) is 31.3 Å². The van der Waals surface area contributed by atoms with E-state index in [0.717, 1.165) is 43.2 Å². The second kappa shape index (κ2) is 14.0. The van der Waals surface area contributed by atoms with Crippen molar-refractivity contribution in [3.8, 4) is 0 Å². The zero-order valence-electron chi connectivity index (χ0n) is 16.3. The lowest BCUT2D eigenvalue weighted by molar-refractivity contribution is -0.205. The average molecular weight is 478 g/mol. The summed E-state index contributed by atoms with van der Waals surface area (Å²) in [6.07, 6.45) is 2.70. The van der Waals surface area contributed by atoms with Gasteiger partial charge in [-0.15, -0.1) is 0 Å². The lowest BCUT2D eigenvalue weighted by Gasteiger charge is -2.39. The van der Waals surface area contributed by atoms with E-state index in [9.17, 15) is 28.8 Å². The molecule has 1 rings (SSSR count). The highest BCUT2D eigenvalue weighted by Crippen LogP contribution is 2.30. The van der Waals surface area contributed by atoms with Crippen molar-refractivity contribution < 1.29 is 42.4 Å². The fourth-order valence-electron chi connectivity index (χ4n) is 2.74. The highest BCUT2D eigenvalue weighted by Gasteiger charge is 2.44. The number of rotatable bonds is 13. The normalized spacial score (nSPS) is 28.5. The molecule has 13 heteroatoms. The SMILES string of the molecule is CSCCCCCCCC/C(=N/OS(=O)(=O)O)S[C@H]1O[C@@H](CO)[C@H](O)[C@H](O)[C@@H]1O. The molecule has 0 amide bonds. The van der Waals surface area contributed by atoms with Gasteiger partial charge in [-0.3, -0.25) is 4.55 Å². The van der Waals surface area contributed by atoms with E-state index >= 15 is 0 Å². The van der Waals surface area contributed by atoms with Crippen molar-refractivity contribution in [2.45, 2.75) is 74.8 Å². The number of aliphatic hydroxyl groups is 4. The molecule has 29 heavy (non-hydrogen) atoms. The number of hydrogen-bond donors (Lipinski definition) is 5. The first-order valence-corrected chi connectivity index (χ1v) is 13.0. The predicted molar refractivity (Wildman–Crippen MR) is 112 cm³/mol. The smallest absolute Gasteiger partial charge is 0.394 e. The minimum absolute atomic E-state index is 0.134. The minimum atomic E-state index is -4.79. The van der Waals surface area contributed by atoms with Crippen molar-refractivity contribution in [3.63, 3.8) is 0 Å². The first-order valence-electron chi connectivity index (χ1n) is 9.38. The Morgan fingerprint density at radius 3 is 2.24 bits per heavy atom. The molecular weight excluding hydrogens is 446 g/mol. The Hall–Kier alpha value is -0.120. The van der Waals surface area contributed by atoms with Crippen LogP contribution in [-0.2, 0) is 19.4 Å². The molecule has 1 fully saturated rings. The summed E-state index contributed by atoms with van der Waals surface area (Å²) in [5, 5.41) is 42.6. The van der Waals surface area contributed by atoms with Crippen LogP contribution in [0.4, 0.5) is 0 Å². The molecule has 0 aliphatic carbocycles. The van der Waals surface area contributed by atoms with E-state index < -0.39 is 46.9 Å². The van der Waals surface area contributed by atoms with Gasteiger partial charge in [0.25, 0.3) is 0 Å². The Morgan fingerprint density at radius 2 is 1.66 bits per heavy atom. The second-order valence-corrected chi connectivity index (χ2v) is 9.83. The van der Waals surface area contributed by atoms with E-state index in [1.807, 2.05) is 11.8 Å². The van der Waals surface area contributed by atoms with Gasteiger partial charge in [-0.1, -0.05) is 42.6 Å². The van der Waals surface area contributed by atoms with E-state index in [4.69, 9.17) is 9.29 Å². The van der Waals surface area contributed by atoms with Crippen LogP contribution in [-0.4, -0.2) is 86.9 Å². The van der Waals surface area contributed by atoms with E-state index in [1.165, 1.54) is 6.42 Å². The summed E-state index contributed by atoms with van der Waals surface area (Å²) < 4.78 is 39.8. The molecule has 1 aliphatic heterocycles. The average Bonchev–Trinajstić information content (AvgIpc) is 2.67. The van der Waals surface area contributed by atoms with E-state index in [0.29, 0.717) is 12.8 Å². The Labute approximate surface area is 180 Å². The van der Waals surface area contributed by atoms with E-state index in [2.05, 4.69) is 15.7 Å². The van der Waals surface area contributed by atoms with Gasteiger partial charge >= 0.3 is 10.4 Å². The number of oxime groups is 1. The lowest BCUT2D eigenvalue weighted by atomic mass is 10.0. The summed E-state index contributed by atoms with van der Waals surface area (Å²) >= 11 is 2.62. The van der Waals surface area contributed by atoms with Crippen molar-refractivity contribution in [1.82, 2.24) is 0 Å². The number of thioether (sulfide) groups is 2. The molecule has 0 aromatic carbocycles. The molecule has 0 saturated carbocycles. The van der Waals surface area contributed by atoms with Gasteiger partial charge < -0.3 is 25.2 Å². The molecular formula is C16H31NO9S3. The molecule has 172 valence electrons. The van der Waals surface area contributed by atoms with Crippen molar-refractivity contribution in [2.24, 2.45) is 5.16 Å². The Morgan fingerprint density at radius 1 is 1.03 bits per heavy atom. The van der Waals surface area contributed by atoms with Gasteiger partial charge in [0, 0.05) is 0 Å². The van der Waals surface area contributed by atoms with Crippen molar-refractivity contribution >= 4 is 39.0 Å². The molecule has 0 aromatic heterocycles. The number of unbranched alkanes of at least 4 members (excludes halogenated alkanes) is 5. The molecule has 10 nitrogen and oxygen atoms in total. The van der Waals surface area contributed by atoms with E-state index in [-0.39, 0.29) is 5.04 Å². The lowest BCUT2D eigenvalue weighted by Crippen LogP contribution is -2.57. The van der Waals surface area contributed by atoms with E-state index in [1.54, 1.807) is 0 Å². The third-order valence-corrected chi connectivity index (χ3v) is 6.46. The van der Waals surface area contributed by atoms with Gasteiger partial charge in [0.2, 0.25) is 0 Å². The van der Waals surface area contributed by atoms with Crippen molar-refractivity contribution in [1.29, 1.82) is 0 Å². The minimum Gasteiger partial charge on any atom is -0.394 e. The predicted octanol–water partition coefficient (Wildman–Crippen LogP) is 0.746. The van der Waals surface area contributed by atoms with Crippen LogP contribution in [0.15, 0.2) is 5.16 Å². The van der Waals surface area contributed by atoms with Gasteiger partial charge in [-0.25, -0.2) is 4.28 Å². The number of hydrogen-bond acceptors (Lipinski definition) is 11. The zero-order valence-corrected chi connectivity index (χ0v) is 18.7. The second-order valence-electron chi connectivity index (χ2n) is 6.67. The van der Waals surface area contributed by atoms with Gasteiger partial charge in [-0.2, -0.15) is 20.2 Å².